The van der Waals surface area contributed by atoms with E-state index in [2.05, 4.69) is 24.8 Å². The lowest BCUT2D eigenvalue weighted by Gasteiger charge is -2.31. The zero-order valence-corrected chi connectivity index (χ0v) is 14.2. The standard InChI is InChI=1S/C19H21N5O/c1-14-9-20-19(23-14)17-13-24(7-8-25-17)12-15-10-21-18(22-11-15)16-5-3-2-4-6-16/h2-6,9-11,17H,7-8,12-13H2,1H3,(H,20,23)/t17-/m0/s1. The molecule has 0 aliphatic carbocycles. The Morgan fingerprint density at radius 3 is 2.64 bits per heavy atom. The zero-order valence-electron chi connectivity index (χ0n) is 14.2. The molecule has 1 fully saturated rings. The molecule has 1 atom stereocenters. The highest BCUT2D eigenvalue weighted by Gasteiger charge is 2.24. The van der Waals surface area contributed by atoms with Crippen LogP contribution >= 0.6 is 0 Å². The van der Waals surface area contributed by atoms with Gasteiger partial charge in [0.2, 0.25) is 0 Å². The Morgan fingerprint density at radius 1 is 1.12 bits per heavy atom. The maximum Gasteiger partial charge on any atom is 0.159 e. The van der Waals surface area contributed by atoms with Gasteiger partial charge in [-0.2, -0.15) is 0 Å². The highest BCUT2D eigenvalue weighted by atomic mass is 16.5. The molecule has 1 aliphatic heterocycles. The van der Waals surface area contributed by atoms with E-state index < -0.39 is 0 Å². The van der Waals surface area contributed by atoms with Crippen molar-refractivity contribution in [3.05, 3.63) is 66.0 Å². The maximum atomic E-state index is 5.86. The van der Waals surface area contributed by atoms with Crippen LogP contribution in [-0.4, -0.2) is 44.5 Å². The van der Waals surface area contributed by atoms with Crippen molar-refractivity contribution in [2.24, 2.45) is 0 Å². The predicted molar refractivity (Wildman–Crippen MR) is 94.8 cm³/mol. The van der Waals surface area contributed by atoms with Gasteiger partial charge < -0.3 is 9.72 Å². The van der Waals surface area contributed by atoms with Gasteiger partial charge in [0, 0.05) is 55.0 Å². The molecule has 3 aromatic rings. The van der Waals surface area contributed by atoms with Gasteiger partial charge >= 0.3 is 0 Å². The molecule has 1 aromatic carbocycles. The second-order valence-electron chi connectivity index (χ2n) is 6.33. The summed E-state index contributed by atoms with van der Waals surface area (Å²) in [7, 11) is 0. The second kappa shape index (κ2) is 7.13. The SMILES string of the molecule is Cc1cnc([C@@H]2CN(Cc3cnc(-c4ccccc4)nc3)CCO2)[nH]1. The van der Waals surface area contributed by atoms with E-state index in [1.165, 1.54) is 0 Å². The van der Waals surface area contributed by atoms with E-state index in [1.54, 1.807) is 0 Å². The van der Waals surface area contributed by atoms with Gasteiger partial charge in [-0.15, -0.1) is 0 Å². The van der Waals surface area contributed by atoms with Crippen LogP contribution < -0.4 is 0 Å². The van der Waals surface area contributed by atoms with E-state index in [4.69, 9.17) is 4.74 Å². The molecular weight excluding hydrogens is 314 g/mol. The minimum absolute atomic E-state index is 0.00744. The number of morpholine rings is 1. The molecule has 1 N–H and O–H groups in total. The quantitative estimate of drug-likeness (QED) is 0.794. The average molecular weight is 335 g/mol. The van der Waals surface area contributed by atoms with Crippen LogP contribution in [0.3, 0.4) is 0 Å². The lowest BCUT2D eigenvalue weighted by Crippen LogP contribution is -2.38. The van der Waals surface area contributed by atoms with Crippen LogP contribution in [0.4, 0.5) is 0 Å². The second-order valence-corrected chi connectivity index (χ2v) is 6.33. The van der Waals surface area contributed by atoms with Gasteiger partial charge in [0.05, 0.1) is 6.61 Å². The van der Waals surface area contributed by atoms with Crippen molar-refractivity contribution in [1.82, 2.24) is 24.8 Å². The largest absolute Gasteiger partial charge is 0.368 e. The van der Waals surface area contributed by atoms with Crippen LogP contribution in [-0.2, 0) is 11.3 Å². The number of nitrogens with one attached hydrogen (secondary N) is 1. The molecule has 128 valence electrons. The van der Waals surface area contributed by atoms with Crippen LogP contribution in [0, 0.1) is 6.92 Å². The minimum Gasteiger partial charge on any atom is -0.368 e. The Kier molecular flexibility index (Phi) is 4.54. The van der Waals surface area contributed by atoms with Crippen LogP contribution in [0.15, 0.2) is 48.9 Å². The zero-order chi connectivity index (χ0) is 17.1. The third-order valence-corrected chi connectivity index (χ3v) is 4.32. The van der Waals surface area contributed by atoms with E-state index in [-0.39, 0.29) is 6.10 Å². The minimum atomic E-state index is -0.00744. The summed E-state index contributed by atoms with van der Waals surface area (Å²) in [6, 6.07) is 10.0. The van der Waals surface area contributed by atoms with Crippen LogP contribution in [0.25, 0.3) is 11.4 Å². The predicted octanol–water partition coefficient (Wildman–Crippen LogP) is 2.75. The van der Waals surface area contributed by atoms with E-state index in [0.717, 1.165) is 48.1 Å². The molecule has 1 aliphatic rings. The lowest BCUT2D eigenvalue weighted by atomic mass is 10.2. The normalized spacial score (nSPS) is 18.4. The Balaban J connectivity index is 1.41. The number of H-pyrrole nitrogens is 1. The van der Waals surface area contributed by atoms with Crippen molar-refractivity contribution >= 4 is 0 Å². The molecule has 4 rings (SSSR count). The summed E-state index contributed by atoms with van der Waals surface area (Å²) in [6.45, 7) is 5.23. The molecule has 0 spiro atoms. The molecule has 6 nitrogen and oxygen atoms in total. The molecule has 0 saturated carbocycles. The highest BCUT2D eigenvalue weighted by molar-refractivity contribution is 5.53. The summed E-state index contributed by atoms with van der Waals surface area (Å²) in [4.78, 5) is 19.0. The van der Waals surface area contributed by atoms with E-state index >= 15 is 0 Å². The molecule has 25 heavy (non-hydrogen) atoms. The van der Waals surface area contributed by atoms with E-state index in [9.17, 15) is 0 Å². The molecule has 0 unspecified atom stereocenters. The molecule has 1 saturated heterocycles. The first-order valence-corrected chi connectivity index (χ1v) is 8.50. The van der Waals surface area contributed by atoms with Crippen LogP contribution in [0.1, 0.15) is 23.2 Å². The van der Waals surface area contributed by atoms with Gasteiger partial charge in [-0.1, -0.05) is 30.3 Å². The van der Waals surface area contributed by atoms with E-state index in [0.29, 0.717) is 6.61 Å². The summed E-state index contributed by atoms with van der Waals surface area (Å²) < 4.78 is 5.86. The van der Waals surface area contributed by atoms with Gasteiger partial charge in [0.15, 0.2) is 5.82 Å². The number of nitrogens with zero attached hydrogens (tertiary/aromatic N) is 4. The van der Waals surface area contributed by atoms with Crippen LogP contribution in [0.2, 0.25) is 0 Å². The summed E-state index contributed by atoms with van der Waals surface area (Å²) in [6.07, 6.45) is 5.66. The fourth-order valence-corrected chi connectivity index (χ4v) is 3.04. The van der Waals surface area contributed by atoms with Crippen LogP contribution in [0.5, 0.6) is 0 Å². The first-order chi connectivity index (χ1) is 12.3. The van der Waals surface area contributed by atoms with Gasteiger partial charge in [0.1, 0.15) is 11.9 Å². The number of rotatable bonds is 4. The monoisotopic (exact) mass is 335 g/mol. The van der Waals surface area contributed by atoms with Gasteiger partial charge in [-0.05, 0) is 6.92 Å². The smallest absolute Gasteiger partial charge is 0.159 e. The first kappa shape index (κ1) is 15.9. The Hall–Kier alpha value is -2.57. The van der Waals surface area contributed by atoms with Crippen molar-refractivity contribution in [2.45, 2.75) is 19.6 Å². The number of aromatic nitrogens is 4. The molecule has 0 radical (unpaired) electrons. The Labute approximate surface area is 146 Å². The fourth-order valence-electron chi connectivity index (χ4n) is 3.04. The molecule has 6 heteroatoms. The van der Waals surface area contributed by atoms with Crippen molar-refractivity contribution in [2.75, 3.05) is 19.7 Å². The number of ether oxygens (including phenoxy) is 1. The third-order valence-electron chi connectivity index (χ3n) is 4.32. The van der Waals surface area contributed by atoms with Crippen molar-refractivity contribution < 1.29 is 4.74 Å². The van der Waals surface area contributed by atoms with Gasteiger partial charge in [-0.3, -0.25) is 4.90 Å². The maximum absolute atomic E-state index is 5.86. The number of aromatic amines is 1. The van der Waals surface area contributed by atoms with Crippen molar-refractivity contribution in [3.63, 3.8) is 0 Å². The number of hydrogen-bond acceptors (Lipinski definition) is 5. The molecule has 2 aromatic heterocycles. The topological polar surface area (TPSA) is 66.9 Å². The average Bonchev–Trinajstić information content (AvgIpc) is 3.10. The lowest BCUT2D eigenvalue weighted by molar-refractivity contribution is -0.0369. The highest BCUT2D eigenvalue weighted by Crippen LogP contribution is 2.21. The fraction of sp³-hybridized carbons (Fsp3) is 0.316. The number of aryl methyl sites for hydroxylation is 1. The van der Waals surface area contributed by atoms with Crippen molar-refractivity contribution in [1.29, 1.82) is 0 Å². The first-order valence-electron chi connectivity index (χ1n) is 8.50. The van der Waals surface area contributed by atoms with Gasteiger partial charge in [0.25, 0.3) is 0 Å². The molecule has 3 heterocycles. The molecule has 0 bridgehead atoms. The van der Waals surface area contributed by atoms with Gasteiger partial charge in [-0.25, -0.2) is 15.0 Å². The Morgan fingerprint density at radius 2 is 1.92 bits per heavy atom. The number of hydrogen-bond donors (Lipinski definition) is 1. The van der Waals surface area contributed by atoms with E-state index in [1.807, 2.05) is 55.8 Å². The Bertz CT molecular complexity index is 815. The molecular formula is C19H21N5O. The summed E-state index contributed by atoms with van der Waals surface area (Å²) in [5.41, 5.74) is 3.20. The number of imidazole rings is 1. The number of benzene rings is 1. The summed E-state index contributed by atoms with van der Waals surface area (Å²) in [5.74, 6) is 1.66. The summed E-state index contributed by atoms with van der Waals surface area (Å²) in [5, 5.41) is 0. The van der Waals surface area contributed by atoms with Crippen molar-refractivity contribution in [3.8, 4) is 11.4 Å². The third kappa shape index (κ3) is 3.75. The molecule has 0 amide bonds. The summed E-state index contributed by atoms with van der Waals surface area (Å²) >= 11 is 0.